The summed E-state index contributed by atoms with van der Waals surface area (Å²) in [7, 11) is -3.53. The van der Waals surface area contributed by atoms with E-state index in [1.165, 1.54) is 44.9 Å². The third-order valence-corrected chi connectivity index (χ3v) is 6.94. The second-order valence-electron chi connectivity index (χ2n) is 7.43. The minimum atomic E-state index is -3.53. The monoisotopic (exact) mass is 374 g/mol. The third kappa shape index (κ3) is 5.27. The molecule has 1 N–H and O–H groups in total. The molecular weight excluding hydrogens is 344 g/mol. The predicted molar refractivity (Wildman–Crippen MR) is 107 cm³/mol. The molecule has 3 rings (SSSR count). The minimum Gasteiger partial charge on any atom is -0.264 e. The summed E-state index contributed by atoms with van der Waals surface area (Å²) in [5.41, 5.74) is 0. The van der Waals surface area contributed by atoms with E-state index in [0.29, 0.717) is 4.90 Å². The van der Waals surface area contributed by atoms with E-state index < -0.39 is 10.0 Å². The van der Waals surface area contributed by atoms with Crippen LogP contribution in [0.4, 0.5) is 0 Å². The second-order valence-corrected chi connectivity index (χ2v) is 9.11. The molecule has 1 aliphatic rings. The first-order chi connectivity index (χ1) is 12.7. The van der Waals surface area contributed by atoms with Crippen LogP contribution >= 0.6 is 0 Å². The summed E-state index contributed by atoms with van der Waals surface area (Å²) in [6.45, 7) is 0. The van der Waals surface area contributed by atoms with E-state index in [-0.39, 0.29) is 6.04 Å². The largest absolute Gasteiger partial charge is 0.264 e. The van der Waals surface area contributed by atoms with Crippen molar-refractivity contribution in [2.24, 2.45) is 0 Å². The molecule has 0 aliphatic heterocycles. The maximum Gasteiger partial charge on any atom is 0.241 e. The highest BCUT2D eigenvalue weighted by molar-refractivity contribution is 7.89. The van der Waals surface area contributed by atoms with Crippen molar-refractivity contribution < 1.29 is 8.42 Å². The molecule has 0 radical (unpaired) electrons. The van der Waals surface area contributed by atoms with E-state index in [0.717, 1.165) is 36.5 Å². The number of hydrogen-bond donors (Lipinski definition) is 1. The van der Waals surface area contributed by atoms with Gasteiger partial charge in [0.05, 0.1) is 4.90 Å². The molecule has 1 aromatic carbocycles. The van der Waals surface area contributed by atoms with Crippen molar-refractivity contribution in [2.75, 3.05) is 0 Å². The van der Waals surface area contributed by atoms with Crippen molar-refractivity contribution in [1.82, 2.24) is 9.71 Å². The van der Waals surface area contributed by atoms with Crippen molar-refractivity contribution in [3.05, 3.63) is 36.7 Å². The summed E-state index contributed by atoms with van der Waals surface area (Å²) in [4.78, 5) is 4.46. The van der Waals surface area contributed by atoms with Crippen LogP contribution in [-0.2, 0) is 10.0 Å². The zero-order chi connectivity index (χ0) is 18.2. The smallest absolute Gasteiger partial charge is 0.241 e. The fraction of sp³-hybridized carbons (Fsp3) is 0.571. The Morgan fingerprint density at radius 2 is 1.46 bits per heavy atom. The topological polar surface area (TPSA) is 59.1 Å². The molecule has 1 aromatic heterocycles. The van der Waals surface area contributed by atoms with Crippen LogP contribution in [0.25, 0.3) is 10.8 Å². The molecule has 2 aromatic rings. The maximum atomic E-state index is 13.1. The molecule has 0 atom stereocenters. The van der Waals surface area contributed by atoms with Gasteiger partial charge in [0.15, 0.2) is 0 Å². The molecule has 0 bridgehead atoms. The number of nitrogens with zero attached hydrogens (tertiary/aromatic N) is 1. The number of hydrogen-bond acceptors (Lipinski definition) is 3. The van der Waals surface area contributed by atoms with Crippen LogP contribution in [0.1, 0.15) is 70.6 Å². The van der Waals surface area contributed by atoms with Gasteiger partial charge in [-0.05, 0) is 25.0 Å². The molecule has 1 saturated carbocycles. The normalized spacial score (nSPS) is 18.9. The van der Waals surface area contributed by atoms with Crippen LogP contribution in [0.5, 0.6) is 0 Å². The van der Waals surface area contributed by atoms with E-state index in [2.05, 4.69) is 9.71 Å². The third-order valence-electron chi connectivity index (χ3n) is 5.36. The first-order valence-electron chi connectivity index (χ1n) is 10.0. The van der Waals surface area contributed by atoms with Gasteiger partial charge < -0.3 is 0 Å². The zero-order valence-corrected chi connectivity index (χ0v) is 16.3. The molecule has 26 heavy (non-hydrogen) atoms. The van der Waals surface area contributed by atoms with Crippen molar-refractivity contribution >= 4 is 20.8 Å². The standard InChI is InChI=1S/C21H30N2O2S/c24-26(25,21-14-10-11-18-17-22-16-15-20(18)21)23-19-12-8-6-4-2-1-3-5-7-9-13-19/h10-11,14-17,19,23H,1-9,12-13H2. The van der Waals surface area contributed by atoms with E-state index in [4.69, 9.17) is 0 Å². The van der Waals surface area contributed by atoms with E-state index in [1.54, 1.807) is 30.6 Å². The van der Waals surface area contributed by atoms with Gasteiger partial charge in [-0.3, -0.25) is 4.98 Å². The summed E-state index contributed by atoms with van der Waals surface area (Å²) < 4.78 is 29.1. The Balaban J connectivity index is 1.75. The lowest BCUT2D eigenvalue weighted by Gasteiger charge is -2.20. The van der Waals surface area contributed by atoms with Crippen LogP contribution in [0.2, 0.25) is 0 Å². The quantitative estimate of drug-likeness (QED) is 0.804. The molecule has 1 fully saturated rings. The fourth-order valence-electron chi connectivity index (χ4n) is 3.89. The average molecular weight is 375 g/mol. The highest BCUT2D eigenvalue weighted by atomic mass is 32.2. The summed E-state index contributed by atoms with van der Waals surface area (Å²) >= 11 is 0. The van der Waals surface area contributed by atoms with Gasteiger partial charge in [-0.15, -0.1) is 0 Å². The molecule has 4 nitrogen and oxygen atoms in total. The van der Waals surface area contributed by atoms with Crippen molar-refractivity contribution in [3.8, 4) is 0 Å². The SMILES string of the molecule is O=S(=O)(NC1CCCCCCCCCCC1)c1cccc2cnccc12. The fourth-order valence-corrected chi connectivity index (χ4v) is 5.43. The number of nitrogens with one attached hydrogen (secondary N) is 1. The van der Waals surface area contributed by atoms with E-state index in [1.807, 2.05) is 6.07 Å². The molecule has 0 unspecified atom stereocenters. The summed E-state index contributed by atoms with van der Waals surface area (Å²) in [6.07, 6.45) is 16.4. The lowest BCUT2D eigenvalue weighted by Crippen LogP contribution is -2.35. The second kappa shape index (κ2) is 9.47. The Hall–Kier alpha value is -1.46. The Morgan fingerprint density at radius 1 is 0.846 bits per heavy atom. The predicted octanol–water partition coefficient (Wildman–Crippen LogP) is 5.19. The highest BCUT2D eigenvalue weighted by Crippen LogP contribution is 2.24. The van der Waals surface area contributed by atoms with E-state index in [9.17, 15) is 8.42 Å². The van der Waals surface area contributed by atoms with Gasteiger partial charge in [0.1, 0.15) is 0 Å². The van der Waals surface area contributed by atoms with Gasteiger partial charge in [-0.2, -0.15) is 0 Å². The van der Waals surface area contributed by atoms with Crippen LogP contribution in [0.3, 0.4) is 0 Å². The Kier molecular flexibility index (Phi) is 7.03. The summed E-state index contributed by atoms with van der Waals surface area (Å²) in [5.74, 6) is 0. The zero-order valence-electron chi connectivity index (χ0n) is 15.5. The Bertz CT molecular complexity index is 787. The van der Waals surface area contributed by atoms with Crippen molar-refractivity contribution in [3.63, 3.8) is 0 Å². The number of aromatic nitrogens is 1. The summed E-state index contributed by atoms with van der Waals surface area (Å²) in [6, 6.07) is 7.21. The lowest BCUT2D eigenvalue weighted by atomic mass is 9.98. The van der Waals surface area contributed by atoms with Crippen LogP contribution in [-0.4, -0.2) is 19.4 Å². The molecule has 1 aliphatic carbocycles. The molecule has 0 spiro atoms. The first kappa shape index (κ1) is 19.3. The van der Waals surface area contributed by atoms with Crippen LogP contribution in [0, 0.1) is 0 Å². The van der Waals surface area contributed by atoms with Crippen molar-refractivity contribution in [2.45, 2.75) is 81.6 Å². The van der Waals surface area contributed by atoms with Crippen molar-refractivity contribution in [1.29, 1.82) is 0 Å². The number of pyridine rings is 1. The van der Waals surface area contributed by atoms with Gasteiger partial charge in [0, 0.05) is 29.2 Å². The van der Waals surface area contributed by atoms with Gasteiger partial charge >= 0.3 is 0 Å². The van der Waals surface area contributed by atoms with Gasteiger partial charge in [0.2, 0.25) is 10.0 Å². The highest BCUT2D eigenvalue weighted by Gasteiger charge is 2.22. The Morgan fingerprint density at radius 3 is 2.12 bits per heavy atom. The van der Waals surface area contributed by atoms with Crippen LogP contribution < -0.4 is 4.72 Å². The van der Waals surface area contributed by atoms with Gasteiger partial charge in [-0.25, -0.2) is 13.1 Å². The van der Waals surface area contributed by atoms with E-state index >= 15 is 0 Å². The van der Waals surface area contributed by atoms with Crippen LogP contribution in [0.15, 0.2) is 41.6 Å². The molecule has 142 valence electrons. The van der Waals surface area contributed by atoms with Gasteiger partial charge in [0.25, 0.3) is 0 Å². The minimum absolute atomic E-state index is 0.0384. The summed E-state index contributed by atoms with van der Waals surface area (Å²) in [5, 5.41) is 1.59. The number of benzene rings is 1. The van der Waals surface area contributed by atoms with Gasteiger partial charge in [-0.1, -0.05) is 69.9 Å². The molecule has 5 heteroatoms. The maximum absolute atomic E-state index is 13.1. The lowest BCUT2D eigenvalue weighted by molar-refractivity contribution is 0.440. The molecular formula is C21H30N2O2S. The number of rotatable bonds is 3. The number of fused-ring (bicyclic) bond motifs is 1. The first-order valence-corrected chi connectivity index (χ1v) is 11.5. The Labute approximate surface area is 157 Å². The molecule has 0 saturated heterocycles. The molecule has 1 heterocycles. The molecule has 0 amide bonds. The number of sulfonamides is 1. The average Bonchev–Trinajstić information content (AvgIpc) is 2.63.